The molecule has 0 fully saturated rings. The number of aromatic amines is 1. The van der Waals surface area contributed by atoms with Crippen molar-refractivity contribution in [3.8, 4) is 22.8 Å². The topological polar surface area (TPSA) is 77.1 Å². The molecule has 1 N–H and O–H groups in total. The molecular weight excluding hydrogens is 738 g/mol. The van der Waals surface area contributed by atoms with E-state index in [2.05, 4.69) is 79.9 Å². The van der Waals surface area contributed by atoms with Crippen molar-refractivity contribution in [1.82, 2.24) is 15.2 Å². The van der Waals surface area contributed by atoms with Crippen molar-refractivity contribution in [2.75, 3.05) is 7.11 Å². The molecule has 0 saturated carbocycles. The van der Waals surface area contributed by atoms with Crippen LogP contribution in [-0.4, -0.2) is 28.4 Å². The standard InChI is InChI=1S/C18H17N3O3.3HI.V/c1-12-6-5-8-13(10-12)16-19-17(21-20-16)15-9-4-3-7-14(15)11-24-18(22)23-2;;;;/h3-10H,11H2,1-2H3,(H,19,20,21);3*1H;/q;;;;+3/p-3. The zero-order valence-corrected chi connectivity index (χ0v) is 22.9. The number of methoxy groups -OCH3 is 1. The summed E-state index contributed by atoms with van der Waals surface area (Å²) in [6.45, 7) is 2.12. The van der Waals surface area contributed by atoms with Crippen LogP contribution in [0, 0.1) is 6.92 Å². The Morgan fingerprint density at radius 2 is 1.86 bits per heavy atom. The molecule has 0 radical (unpaired) electrons. The normalized spacial score (nSPS) is 10.2. The van der Waals surface area contributed by atoms with E-state index in [1.807, 2.05) is 55.5 Å². The van der Waals surface area contributed by atoms with E-state index < -0.39 is 6.16 Å². The number of aryl methyl sites for hydroxylation is 1. The third-order valence-corrected chi connectivity index (χ3v) is 3.55. The molecule has 28 heavy (non-hydrogen) atoms. The van der Waals surface area contributed by atoms with Gasteiger partial charge in [-0.2, -0.15) is 5.10 Å². The van der Waals surface area contributed by atoms with Gasteiger partial charge in [-0.3, -0.25) is 5.10 Å². The number of hydrogen-bond acceptors (Lipinski definition) is 5. The third-order valence-electron chi connectivity index (χ3n) is 3.55. The molecule has 1 aromatic heterocycles. The van der Waals surface area contributed by atoms with E-state index in [9.17, 15) is 4.79 Å². The number of nitrogens with one attached hydrogen (secondary N) is 1. The molecule has 2 aromatic carbocycles. The van der Waals surface area contributed by atoms with Gasteiger partial charge in [-0.25, -0.2) is 9.78 Å². The second-order valence-corrected chi connectivity index (χ2v) is 40.8. The number of rotatable bonds is 4. The summed E-state index contributed by atoms with van der Waals surface area (Å²) in [7, 11) is 1.28. The fraction of sp³-hybridized carbons (Fsp3) is 0.167. The van der Waals surface area contributed by atoms with E-state index in [4.69, 9.17) is 4.74 Å². The predicted molar refractivity (Wildman–Crippen MR) is 131 cm³/mol. The van der Waals surface area contributed by atoms with E-state index in [-0.39, 0.29) is 11.5 Å². The molecule has 0 amide bonds. The molecule has 0 spiro atoms. The Morgan fingerprint density at radius 1 is 1.14 bits per heavy atom. The SMILES string of the molecule is COC(=O)OCc1ccccc1-c1nc(-c2cccc(C)c2)n[nH]1.[I][V]([I])[I]. The van der Waals surface area contributed by atoms with Gasteiger partial charge in [0.15, 0.2) is 11.6 Å². The first-order valence-corrected chi connectivity index (χ1v) is 21.5. The zero-order chi connectivity index (χ0) is 20.5. The minimum atomic E-state index is -0.720. The van der Waals surface area contributed by atoms with Crippen LogP contribution in [0.25, 0.3) is 22.8 Å². The van der Waals surface area contributed by atoms with Gasteiger partial charge in [-0.05, 0) is 13.0 Å². The first-order valence-electron chi connectivity index (χ1n) is 7.96. The second kappa shape index (κ2) is 12.3. The Bertz CT molecular complexity index is 919. The molecule has 0 atom stereocenters. The van der Waals surface area contributed by atoms with Gasteiger partial charge in [0, 0.05) is 16.7 Å². The van der Waals surface area contributed by atoms with Crippen LogP contribution in [0.3, 0.4) is 0 Å². The number of aromatic nitrogens is 3. The molecule has 148 valence electrons. The number of H-pyrrole nitrogens is 1. The van der Waals surface area contributed by atoms with Crippen molar-refractivity contribution in [3.63, 3.8) is 0 Å². The van der Waals surface area contributed by atoms with Gasteiger partial charge in [0.05, 0.1) is 7.11 Å². The van der Waals surface area contributed by atoms with Crippen LogP contribution in [0.1, 0.15) is 11.1 Å². The molecule has 0 unspecified atom stereocenters. The molecule has 0 bridgehead atoms. The number of hydrogen-bond donors (Lipinski definition) is 1. The summed E-state index contributed by atoms with van der Waals surface area (Å²) in [5.41, 5.74) is 3.73. The maximum absolute atomic E-state index is 11.2. The van der Waals surface area contributed by atoms with E-state index in [0.29, 0.717) is 11.6 Å². The van der Waals surface area contributed by atoms with Crippen LogP contribution in [0.2, 0.25) is 0 Å². The maximum atomic E-state index is 11.2. The van der Waals surface area contributed by atoms with Crippen LogP contribution < -0.4 is 0 Å². The van der Waals surface area contributed by atoms with Gasteiger partial charge in [0.2, 0.25) is 0 Å². The van der Waals surface area contributed by atoms with Crippen molar-refractivity contribution < 1.29 is 19.2 Å². The Labute approximate surface area is 201 Å². The Morgan fingerprint density at radius 3 is 2.54 bits per heavy atom. The molecular formula is C18H17I3N3O3V. The average molecular weight is 755 g/mol. The van der Waals surface area contributed by atoms with Gasteiger partial charge in [0.1, 0.15) is 6.61 Å². The second-order valence-electron chi connectivity index (χ2n) is 5.47. The van der Waals surface area contributed by atoms with Crippen molar-refractivity contribution in [1.29, 1.82) is 0 Å². The van der Waals surface area contributed by atoms with Gasteiger partial charge in [0.25, 0.3) is 0 Å². The van der Waals surface area contributed by atoms with Crippen LogP contribution >= 0.6 is 59.9 Å². The number of carbonyl (C=O) groups excluding carboxylic acids is 1. The molecule has 0 aliphatic heterocycles. The van der Waals surface area contributed by atoms with E-state index in [1.165, 1.54) is 7.11 Å². The summed E-state index contributed by atoms with van der Waals surface area (Å²) in [6, 6.07) is 15.5. The third kappa shape index (κ3) is 7.80. The molecule has 1 heterocycles. The van der Waals surface area contributed by atoms with Crippen LogP contribution in [0.15, 0.2) is 48.5 Å². The van der Waals surface area contributed by atoms with Crippen molar-refractivity contribution in [2.45, 2.75) is 13.5 Å². The zero-order valence-electron chi connectivity index (χ0n) is 15.0. The van der Waals surface area contributed by atoms with Crippen LogP contribution in [0.5, 0.6) is 0 Å². The number of ether oxygens (including phenoxy) is 2. The Balaban J connectivity index is 0.000000640. The van der Waals surface area contributed by atoms with Gasteiger partial charge in [-0.1, -0.05) is 48.0 Å². The van der Waals surface area contributed by atoms with Crippen LogP contribution in [0.4, 0.5) is 4.79 Å². The van der Waals surface area contributed by atoms with Gasteiger partial charge in [-0.15, -0.1) is 0 Å². The molecule has 10 heteroatoms. The molecule has 0 aliphatic carbocycles. The first kappa shape index (κ1) is 23.9. The molecule has 3 aromatic rings. The van der Waals surface area contributed by atoms with E-state index in [1.54, 1.807) is 0 Å². The van der Waals surface area contributed by atoms with Crippen molar-refractivity contribution >= 4 is 66.1 Å². The quantitative estimate of drug-likeness (QED) is 0.247. The number of carbonyl (C=O) groups is 1. The summed E-state index contributed by atoms with van der Waals surface area (Å²) in [5.74, 6) is 1.24. The molecule has 6 nitrogen and oxygen atoms in total. The number of benzene rings is 2. The monoisotopic (exact) mass is 755 g/mol. The Hall–Kier alpha value is -0.376. The summed E-state index contributed by atoms with van der Waals surface area (Å²) < 4.78 is 9.52. The first-order chi connectivity index (χ1) is 13.4. The minimum absolute atomic E-state index is 0.101. The van der Waals surface area contributed by atoms with Gasteiger partial charge < -0.3 is 9.47 Å². The molecule has 0 aliphatic rings. The van der Waals surface area contributed by atoms with E-state index in [0.717, 1.165) is 22.3 Å². The van der Waals surface area contributed by atoms with Crippen molar-refractivity contribution in [3.05, 3.63) is 59.7 Å². The summed E-state index contributed by atoms with van der Waals surface area (Å²) in [5, 5.41) is 7.24. The number of halogens is 3. The average Bonchev–Trinajstić information content (AvgIpc) is 3.16. The predicted octanol–water partition coefficient (Wildman–Crippen LogP) is 6.38. The molecule has 0 saturated heterocycles. The number of nitrogens with zero attached hydrogens (tertiary/aromatic N) is 2. The Kier molecular flexibility index (Phi) is 10.5. The van der Waals surface area contributed by atoms with Crippen molar-refractivity contribution in [2.24, 2.45) is 0 Å². The fourth-order valence-electron chi connectivity index (χ4n) is 2.37. The fourth-order valence-corrected chi connectivity index (χ4v) is 2.37. The summed E-state index contributed by atoms with van der Waals surface area (Å²) in [6.07, 6.45) is -0.720. The van der Waals surface area contributed by atoms with Crippen LogP contribution in [-0.2, 0) is 21.0 Å². The summed E-state index contributed by atoms with van der Waals surface area (Å²) in [4.78, 5) is 15.5. The summed E-state index contributed by atoms with van der Waals surface area (Å²) >= 11 is 7.39. The van der Waals surface area contributed by atoms with Gasteiger partial charge >= 0.3 is 71.0 Å². The van der Waals surface area contributed by atoms with E-state index >= 15 is 0 Å². The molecule has 3 rings (SSSR count).